The first kappa shape index (κ1) is 36.3. The number of allylic oxidation sites excluding steroid dienone is 2. The topological polar surface area (TPSA) is 85.7 Å². The lowest BCUT2D eigenvalue weighted by Gasteiger charge is -2.40. The van der Waals surface area contributed by atoms with E-state index in [4.69, 9.17) is 9.16 Å². The summed E-state index contributed by atoms with van der Waals surface area (Å²) in [6, 6.07) is 0. The summed E-state index contributed by atoms with van der Waals surface area (Å²) in [5.41, 5.74) is 1.23. The standard InChI is InChI=1S/C31H52FNO5SSi/c1-21(16-26-20-39-24(4)33-26)13-12-14-25(32)19-37-18-22(2)15-23(3)28(34)31(8,9)17-27(29(35)36)38-40(10,11)30(5,6)7/h14,16,20,22-23,27H,12-13,15,17-19H2,1-11H3,(H,35,36). The maximum Gasteiger partial charge on any atom is 0.331 e. The lowest BCUT2D eigenvalue weighted by Crippen LogP contribution is -2.48. The Morgan fingerprint density at radius 1 is 1.20 bits per heavy atom. The van der Waals surface area contributed by atoms with Gasteiger partial charge in [-0.05, 0) is 69.7 Å². The SMILES string of the molecule is CC(=Cc1csc(C)n1)CCC=C(F)COCC(C)CC(C)C(=O)C(C)(C)CC(O[Si](C)(C)C(C)(C)C)C(=O)O. The van der Waals surface area contributed by atoms with E-state index in [0.717, 1.165) is 22.7 Å². The fraction of sp³-hybridized carbons (Fsp3) is 0.710. The average Bonchev–Trinajstić information content (AvgIpc) is 3.21. The Balaban J connectivity index is 2.54. The highest BCUT2D eigenvalue weighted by Crippen LogP contribution is 2.39. The zero-order valence-electron chi connectivity index (χ0n) is 26.5. The van der Waals surface area contributed by atoms with Crippen molar-refractivity contribution in [2.24, 2.45) is 17.3 Å². The van der Waals surface area contributed by atoms with Crippen molar-refractivity contribution in [3.8, 4) is 0 Å². The lowest BCUT2D eigenvalue weighted by atomic mass is 9.75. The fourth-order valence-electron chi connectivity index (χ4n) is 4.37. The third-order valence-corrected chi connectivity index (χ3v) is 12.9. The molecule has 0 amide bonds. The largest absolute Gasteiger partial charge is 0.479 e. The molecule has 1 rings (SSSR count). The molecule has 0 aliphatic carbocycles. The van der Waals surface area contributed by atoms with Crippen LogP contribution in [0, 0.1) is 24.2 Å². The van der Waals surface area contributed by atoms with Crippen molar-refractivity contribution >= 4 is 37.5 Å². The molecule has 0 saturated heterocycles. The van der Waals surface area contributed by atoms with Gasteiger partial charge >= 0.3 is 5.97 Å². The van der Waals surface area contributed by atoms with Crippen LogP contribution in [0.2, 0.25) is 18.1 Å². The number of hydrogen-bond donors (Lipinski definition) is 1. The van der Waals surface area contributed by atoms with E-state index in [1.807, 2.05) is 52.2 Å². The monoisotopic (exact) mass is 597 g/mol. The van der Waals surface area contributed by atoms with E-state index in [0.29, 0.717) is 19.4 Å². The number of Topliss-reactive ketones (excluding diaryl/α,β-unsaturated/α-hetero) is 1. The summed E-state index contributed by atoms with van der Waals surface area (Å²) in [5.74, 6) is -1.56. The number of thiazole rings is 1. The van der Waals surface area contributed by atoms with Crippen LogP contribution in [-0.2, 0) is 18.8 Å². The maximum absolute atomic E-state index is 14.3. The molecule has 0 aliphatic rings. The van der Waals surface area contributed by atoms with Gasteiger partial charge in [0.25, 0.3) is 0 Å². The van der Waals surface area contributed by atoms with Crippen LogP contribution in [0.4, 0.5) is 4.39 Å². The molecule has 0 radical (unpaired) electrons. The fourth-order valence-corrected chi connectivity index (χ4v) is 6.18. The summed E-state index contributed by atoms with van der Waals surface area (Å²) in [5, 5.41) is 12.7. The number of carboxylic acids is 1. The maximum atomic E-state index is 14.3. The summed E-state index contributed by atoms with van der Waals surface area (Å²) in [6.07, 6.45) is 4.60. The van der Waals surface area contributed by atoms with E-state index >= 15 is 0 Å². The van der Waals surface area contributed by atoms with Crippen LogP contribution in [0.1, 0.15) is 91.8 Å². The number of aryl methyl sites for hydroxylation is 1. The summed E-state index contributed by atoms with van der Waals surface area (Å²) in [7, 11) is -2.32. The molecule has 3 unspecified atom stereocenters. The Kier molecular flexibility index (Phi) is 14.1. The van der Waals surface area contributed by atoms with Crippen molar-refractivity contribution in [2.45, 2.75) is 112 Å². The highest BCUT2D eigenvalue weighted by molar-refractivity contribution is 7.09. The number of nitrogens with zero attached hydrogens (tertiary/aromatic N) is 1. The Labute approximate surface area is 246 Å². The minimum Gasteiger partial charge on any atom is -0.479 e. The molecule has 1 aromatic rings. The number of rotatable bonds is 17. The van der Waals surface area contributed by atoms with Gasteiger partial charge in [-0.2, -0.15) is 0 Å². The quantitative estimate of drug-likeness (QED) is 0.181. The van der Waals surface area contributed by atoms with Gasteiger partial charge in [0, 0.05) is 23.3 Å². The Hall–Kier alpha value is -1.68. The second-order valence-electron chi connectivity index (χ2n) is 13.4. The predicted molar refractivity (Wildman–Crippen MR) is 166 cm³/mol. The van der Waals surface area contributed by atoms with Gasteiger partial charge in [0.2, 0.25) is 0 Å². The average molecular weight is 598 g/mol. The van der Waals surface area contributed by atoms with Gasteiger partial charge in [-0.3, -0.25) is 4.79 Å². The van der Waals surface area contributed by atoms with Crippen LogP contribution in [0.25, 0.3) is 6.08 Å². The highest BCUT2D eigenvalue weighted by atomic mass is 32.1. The van der Waals surface area contributed by atoms with Crippen molar-refractivity contribution in [1.82, 2.24) is 4.98 Å². The molecule has 1 N–H and O–H groups in total. The number of carboxylic acid groups (broad SMARTS) is 1. The summed E-state index contributed by atoms with van der Waals surface area (Å²) in [4.78, 5) is 29.8. The molecule has 1 heterocycles. The molecule has 0 spiro atoms. The van der Waals surface area contributed by atoms with Crippen molar-refractivity contribution in [1.29, 1.82) is 0 Å². The normalized spacial score (nSPS) is 16.1. The molecule has 0 bridgehead atoms. The zero-order chi connectivity index (χ0) is 30.9. The van der Waals surface area contributed by atoms with Crippen LogP contribution in [-0.4, -0.2) is 49.5 Å². The molecule has 228 valence electrons. The molecule has 3 atom stereocenters. The number of carbonyl (C=O) groups excluding carboxylic acids is 1. The first-order chi connectivity index (χ1) is 18.2. The molecule has 0 aromatic carbocycles. The minimum atomic E-state index is -2.32. The molecule has 0 saturated carbocycles. The van der Waals surface area contributed by atoms with Gasteiger partial charge < -0.3 is 14.3 Å². The Morgan fingerprint density at radius 3 is 2.35 bits per heavy atom. The van der Waals surface area contributed by atoms with Crippen LogP contribution in [0.15, 0.2) is 22.9 Å². The zero-order valence-corrected chi connectivity index (χ0v) is 28.3. The van der Waals surface area contributed by atoms with E-state index in [-0.39, 0.29) is 41.5 Å². The molecular formula is C31H52FNO5SSi. The van der Waals surface area contributed by atoms with E-state index in [1.165, 1.54) is 0 Å². The Bertz CT molecular complexity index is 1040. The number of carbonyl (C=O) groups is 2. The summed E-state index contributed by atoms with van der Waals surface area (Å²) in [6.45, 7) is 21.9. The van der Waals surface area contributed by atoms with Crippen LogP contribution < -0.4 is 0 Å². The number of ketones is 1. The smallest absolute Gasteiger partial charge is 0.331 e. The first-order valence-electron chi connectivity index (χ1n) is 14.2. The predicted octanol–water partition coefficient (Wildman–Crippen LogP) is 8.63. The first-order valence-corrected chi connectivity index (χ1v) is 18.0. The van der Waals surface area contributed by atoms with E-state index in [1.54, 1.807) is 31.3 Å². The molecule has 0 aliphatic heterocycles. The third kappa shape index (κ3) is 12.5. The molecule has 9 heteroatoms. The van der Waals surface area contributed by atoms with E-state index in [9.17, 15) is 19.1 Å². The van der Waals surface area contributed by atoms with Crippen LogP contribution >= 0.6 is 11.3 Å². The lowest BCUT2D eigenvalue weighted by molar-refractivity contribution is -0.148. The van der Waals surface area contributed by atoms with Gasteiger partial charge in [0.1, 0.15) is 17.7 Å². The third-order valence-electron chi connectivity index (χ3n) is 7.66. The number of ether oxygens (including phenoxy) is 1. The van der Waals surface area contributed by atoms with Gasteiger partial charge in [0.05, 0.1) is 17.3 Å². The molecule has 1 aromatic heterocycles. The number of hydrogen-bond acceptors (Lipinski definition) is 6. The highest BCUT2D eigenvalue weighted by Gasteiger charge is 2.43. The van der Waals surface area contributed by atoms with E-state index in [2.05, 4.69) is 25.8 Å². The number of aliphatic carboxylic acids is 1. The van der Waals surface area contributed by atoms with E-state index < -0.39 is 25.8 Å². The number of aromatic nitrogens is 1. The summed E-state index contributed by atoms with van der Waals surface area (Å²) >= 11 is 1.61. The Morgan fingerprint density at radius 2 is 1.82 bits per heavy atom. The van der Waals surface area contributed by atoms with Crippen LogP contribution in [0.3, 0.4) is 0 Å². The van der Waals surface area contributed by atoms with Crippen molar-refractivity contribution in [3.63, 3.8) is 0 Å². The van der Waals surface area contributed by atoms with Crippen molar-refractivity contribution in [2.75, 3.05) is 13.2 Å². The molecule has 40 heavy (non-hydrogen) atoms. The second kappa shape index (κ2) is 15.5. The molecular weight excluding hydrogens is 545 g/mol. The summed E-state index contributed by atoms with van der Waals surface area (Å²) < 4.78 is 26.0. The van der Waals surface area contributed by atoms with Gasteiger partial charge in [-0.15, -0.1) is 11.3 Å². The van der Waals surface area contributed by atoms with Crippen molar-refractivity contribution in [3.05, 3.63) is 33.6 Å². The van der Waals surface area contributed by atoms with Gasteiger partial charge in [0.15, 0.2) is 8.32 Å². The van der Waals surface area contributed by atoms with Gasteiger partial charge in [-0.25, -0.2) is 14.2 Å². The van der Waals surface area contributed by atoms with Crippen LogP contribution in [0.5, 0.6) is 0 Å². The van der Waals surface area contributed by atoms with Gasteiger partial charge in [-0.1, -0.05) is 60.1 Å². The molecule has 0 fully saturated rings. The molecule has 6 nitrogen and oxygen atoms in total. The minimum absolute atomic E-state index is 0.00624. The van der Waals surface area contributed by atoms with Crippen molar-refractivity contribution < 1.29 is 28.2 Å². The number of halogens is 1. The second-order valence-corrected chi connectivity index (χ2v) is 19.2.